The van der Waals surface area contributed by atoms with Gasteiger partial charge in [0.25, 0.3) is 0 Å². The topological polar surface area (TPSA) is 12.5 Å². The molecule has 2 aliphatic rings. The van der Waals surface area contributed by atoms with Crippen LogP contribution in [0.5, 0.6) is 5.75 Å². The zero-order valence-electron chi connectivity index (χ0n) is 15.7. The molecule has 0 spiro atoms. The zero-order chi connectivity index (χ0) is 17.4. The number of likely N-dealkylation sites (tertiary alicyclic amines) is 1. The van der Waals surface area contributed by atoms with E-state index in [2.05, 4.69) is 55.1 Å². The largest absolute Gasteiger partial charge is 0.496 e. The molecule has 0 saturated carbocycles. The van der Waals surface area contributed by atoms with Crippen molar-refractivity contribution >= 4 is 0 Å². The summed E-state index contributed by atoms with van der Waals surface area (Å²) in [7, 11) is 1.76. The fourth-order valence-corrected chi connectivity index (χ4v) is 4.73. The Morgan fingerprint density at radius 3 is 2.68 bits per heavy atom. The van der Waals surface area contributed by atoms with E-state index in [1.54, 1.807) is 12.7 Å². The molecule has 1 saturated heterocycles. The standard InChI is InChI=1S/C23H29NO/c1-16-6-11-23(25-3)22(13-16)20-8-7-19-15-21(10-9-18(19)14-20)24-12-4-5-17(24)2/h6-8,11,13-14,17,21H,4-5,9-10,12,15H2,1-3H3. The van der Waals surface area contributed by atoms with Crippen molar-refractivity contribution in [1.29, 1.82) is 0 Å². The molecule has 1 aliphatic carbocycles. The Labute approximate surface area is 151 Å². The van der Waals surface area contributed by atoms with E-state index in [-0.39, 0.29) is 0 Å². The normalized spacial score (nSPS) is 23.5. The third kappa shape index (κ3) is 3.20. The van der Waals surface area contributed by atoms with Crippen LogP contribution in [-0.2, 0) is 12.8 Å². The Kier molecular flexibility index (Phi) is 4.56. The highest BCUT2D eigenvalue weighted by Crippen LogP contribution is 2.35. The van der Waals surface area contributed by atoms with E-state index in [0.717, 1.165) is 17.8 Å². The Morgan fingerprint density at radius 1 is 1.04 bits per heavy atom. The summed E-state index contributed by atoms with van der Waals surface area (Å²) >= 11 is 0. The summed E-state index contributed by atoms with van der Waals surface area (Å²) in [6.07, 6.45) is 6.45. The van der Waals surface area contributed by atoms with Gasteiger partial charge in [0.2, 0.25) is 0 Å². The second-order valence-electron chi connectivity index (χ2n) is 7.81. The minimum atomic E-state index is 0.740. The molecular weight excluding hydrogens is 306 g/mol. The van der Waals surface area contributed by atoms with E-state index < -0.39 is 0 Å². The first-order valence-corrected chi connectivity index (χ1v) is 9.68. The van der Waals surface area contributed by atoms with Crippen LogP contribution in [0.1, 0.15) is 42.9 Å². The van der Waals surface area contributed by atoms with Crippen molar-refractivity contribution in [2.24, 2.45) is 0 Å². The van der Waals surface area contributed by atoms with Crippen LogP contribution in [0.4, 0.5) is 0 Å². The van der Waals surface area contributed by atoms with Crippen LogP contribution in [0.3, 0.4) is 0 Å². The van der Waals surface area contributed by atoms with Crippen LogP contribution in [0.2, 0.25) is 0 Å². The van der Waals surface area contributed by atoms with Gasteiger partial charge in [-0.05, 0) is 81.3 Å². The molecule has 0 N–H and O–H groups in total. The van der Waals surface area contributed by atoms with Crippen molar-refractivity contribution in [3.8, 4) is 16.9 Å². The maximum Gasteiger partial charge on any atom is 0.126 e. The van der Waals surface area contributed by atoms with Crippen LogP contribution in [0.15, 0.2) is 36.4 Å². The van der Waals surface area contributed by atoms with Gasteiger partial charge in [-0.3, -0.25) is 4.90 Å². The molecule has 2 heteroatoms. The highest BCUT2D eigenvalue weighted by atomic mass is 16.5. The number of fused-ring (bicyclic) bond motifs is 1. The molecule has 2 aromatic rings. The van der Waals surface area contributed by atoms with E-state index in [4.69, 9.17) is 4.74 Å². The summed E-state index contributed by atoms with van der Waals surface area (Å²) in [5, 5.41) is 0. The number of hydrogen-bond acceptors (Lipinski definition) is 2. The lowest BCUT2D eigenvalue weighted by Crippen LogP contribution is -2.41. The van der Waals surface area contributed by atoms with Gasteiger partial charge in [-0.1, -0.05) is 29.8 Å². The van der Waals surface area contributed by atoms with E-state index in [0.29, 0.717) is 0 Å². The summed E-state index contributed by atoms with van der Waals surface area (Å²) in [5.74, 6) is 0.963. The summed E-state index contributed by atoms with van der Waals surface area (Å²) in [4.78, 5) is 2.75. The quantitative estimate of drug-likeness (QED) is 0.781. The molecule has 132 valence electrons. The first-order chi connectivity index (χ1) is 12.2. The Bertz CT molecular complexity index is 767. The lowest BCUT2D eigenvalue weighted by atomic mass is 9.85. The number of hydrogen-bond donors (Lipinski definition) is 0. The molecular formula is C23H29NO. The molecule has 1 fully saturated rings. The molecule has 2 nitrogen and oxygen atoms in total. The van der Waals surface area contributed by atoms with E-state index in [1.165, 1.54) is 60.9 Å². The zero-order valence-corrected chi connectivity index (χ0v) is 15.7. The van der Waals surface area contributed by atoms with Crippen LogP contribution in [0.25, 0.3) is 11.1 Å². The van der Waals surface area contributed by atoms with Crippen molar-refractivity contribution in [3.05, 3.63) is 53.1 Å². The number of benzene rings is 2. The molecule has 1 aliphatic heterocycles. The van der Waals surface area contributed by atoms with Gasteiger partial charge < -0.3 is 4.74 Å². The first-order valence-electron chi connectivity index (χ1n) is 9.68. The maximum absolute atomic E-state index is 5.59. The predicted molar refractivity (Wildman–Crippen MR) is 104 cm³/mol. The molecule has 2 unspecified atom stereocenters. The van der Waals surface area contributed by atoms with Crippen LogP contribution in [0, 0.1) is 6.92 Å². The third-order valence-corrected chi connectivity index (χ3v) is 6.15. The lowest BCUT2D eigenvalue weighted by molar-refractivity contribution is 0.174. The van der Waals surface area contributed by atoms with Gasteiger partial charge in [-0.25, -0.2) is 0 Å². The van der Waals surface area contributed by atoms with Gasteiger partial charge in [-0.2, -0.15) is 0 Å². The summed E-state index contributed by atoms with van der Waals surface area (Å²) in [6, 6.07) is 15.0. The maximum atomic E-state index is 5.59. The minimum Gasteiger partial charge on any atom is -0.496 e. The highest BCUT2D eigenvalue weighted by molar-refractivity contribution is 5.72. The molecule has 2 aromatic carbocycles. The second kappa shape index (κ2) is 6.84. The molecule has 0 amide bonds. The van der Waals surface area contributed by atoms with E-state index in [9.17, 15) is 0 Å². The van der Waals surface area contributed by atoms with Gasteiger partial charge in [0, 0.05) is 17.6 Å². The number of ether oxygens (including phenoxy) is 1. The first kappa shape index (κ1) is 16.7. The van der Waals surface area contributed by atoms with Gasteiger partial charge in [0.1, 0.15) is 5.75 Å². The fourth-order valence-electron chi connectivity index (χ4n) is 4.73. The van der Waals surface area contributed by atoms with E-state index >= 15 is 0 Å². The number of methoxy groups -OCH3 is 1. The number of nitrogens with zero attached hydrogens (tertiary/aromatic N) is 1. The number of aryl methyl sites for hydroxylation is 2. The van der Waals surface area contributed by atoms with Crippen molar-refractivity contribution < 1.29 is 4.74 Å². The minimum absolute atomic E-state index is 0.740. The van der Waals surface area contributed by atoms with Gasteiger partial charge in [-0.15, -0.1) is 0 Å². The van der Waals surface area contributed by atoms with Crippen molar-refractivity contribution in [3.63, 3.8) is 0 Å². The molecule has 0 aromatic heterocycles. The molecule has 25 heavy (non-hydrogen) atoms. The predicted octanol–water partition coefficient (Wildman–Crippen LogP) is 5.01. The van der Waals surface area contributed by atoms with E-state index in [1.807, 2.05) is 0 Å². The Morgan fingerprint density at radius 2 is 1.92 bits per heavy atom. The average molecular weight is 335 g/mol. The third-order valence-electron chi connectivity index (χ3n) is 6.15. The van der Waals surface area contributed by atoms with Crippen molar-refractivity contribution in [2.45, 2.75) is 58.0 Å². The Balaban J connectivity index is 1.61. The Hall–Kier alpha value is -1.80. The lowest BCUT2D eigenvalue weighted by Gasteiger charge is -2.35. The molecule has 2 atom stereocenters. The molecule has 1 heterocycles. The summed E-state index contributed by atoms with van der Waals surface area (Å²) < 4.78 is 5.59. The average Bonchev–Trinajstić information content (AvgIpc) is 3.07. The van der Waals surface area contributed by atoms with Gasteiger partial charge in [0.15, 0.2) is 0 Å². The summed E-state index contributed by atoms with van der Waals surface area (Å²) in [5.41, 5.74) is 6.85. The smallest absolute Gasteiger partial charge is 0.126 e. The van der Waals surface area contributed by atoms with Crippen LogP contribution < -0.4 is 4.74 Å². The fraction of sp³-hybridized carbons (Fsp3) is 0.478. The van der Waals surface area contributed by atoms with Crippen molar-refractivity contribution in [1.82, 2.24) is 4.90 Å². The van der Waals surface area contributed by atoms with Crippen molar-refractivity contribution in [2.75, 3.05) is 13.7 Å². The van der Waals surface area contributed by atoms with Crippen LogP contribution >= 0.6 is 0 Å². The molecule has 4 rings (SSSR count). The summed E-state index contributed by atoms with van der Waals surface area (Å²) in [6.45, 7) is 5.83. The number of rotatable bonds is 3. The molecule has 0 radical (unpaired) electrons. The SMILES string of the molecule is COc1ccc(C)cc1-c1ccc2c(c1)CCC(N1CCCC1C)C2. The second-order valence-corrected chi connectivity index (χ2v) is 7.81. The van der Waals surface area contributed by atoms with Gasteiger partial charge in [0.05, 0.1) is 7.11 Å². The molecule has 0 bridgehead atoms. The van der Waals surface area contributed by atoms with Gasteiger partial charge >= 0.3 is 0 Å². The highest BCUT2D eigenvalue weighted by Gasteiger charge is 2.30. The van der Waals surface area contributed by atoms with Crippen LogP contribution in [-0.4, -0.2) is 30.6 Å². The monoisotopic (exact) mass is 335 g/mol.